The number of anilines is 1. The number of nitrogens with zero attached hydrogens (tertiary/aromatic N) is 3. The number of benzene rings is 1. The maximum Gasteiger partial charge on any atom is 0.471 e. The van der Waals surface area contributed by atoms with Crippen LogP contribution >= 0.6 is 0 Å². The van der Waals surface area contributed by atoms with Gasteiger partial charge >= 0.3 is 12.1 Å². The van der Waals surface area contributed by atoms with Gasteiger partial charge < -0.3 is 9.84 Å². The number of hydrogen-bond acceptors (Lipinski definition) is 5. The molecular weight excluding hydrogens is 369 g/mol. The van der Waals surface area contributed by atoms with Crippen molar-refractivity contribution in [2.75, 3.05) is 5.32 Å². The normalized spacial score (nSPS) is 20.1. The van der Waals surface area contributed by atoms with E-state index in [4.69, 9.17) is 0 Å². The van der Waals surface area contributed by atoms with Crippen molar-refractivity contribution in [1.29, 1.82) is 0 Å². The minimum atomic E-state index is -4.66. The molecule has 1 aliphatic rings. The number of aromatic nitrogens is 3. The van der Waals surface area contributed by atoms with Crippen LogP contribution in [0.5, 0.6) is 0 Å². The second-order valence-electron chi connectivity index (χ2n) is 6.91. The van der Waals surface area contributed by atoms with Gasteiger partial charge in [0, 0.05) is 23.7 Å². The van der Waals surface area contributed by atoms with Crippen LogP contribution in [-0.2, 0) is 6.18 Å². The third-order valence-electron chi connectivity index (χ3n) is 5.02. The molecule has 5 nitrogen and oxygen atoms in total. The van der Waals surface area contributed by atoms with Crippen molar-refractivity contribution in [3.63, 3.8) is 0 Å². The summed E-state index contributed by atoms with van der Waals surface area (Å²) < 4.78 is 42.1. The second kappa shape index (κ2) is 7.61. The van der Waals surface area contributed by atoms with E-state index in [1.54, 1.807) is 12.1 Å². The fraction of sp³-hybridized carbons (Fsp3) is 0.350. The molecule has 1 fully saturated rings. The quantitative estimate of drug-likeness (QED) is 0.658. The summed E-state index contributed by atoms with van der Waals surface area (Å²) in [5.41, 5.74) is 1.68. The van der Waals surface area contributed by atoms with Gasteiger partial charge in [-0.1, -0.05) is 48.3 Å². The van der Waals surface area contributed by atoms with Crippen LogP contribution in [0.15, 0.2) is 53.2 Å². The standard InChI is InChI=1S/C20H19F3N4O/c21-20(22,23)19-26-18(27-28-19)14-10-11-17(24-12-14)25-16-9-5-4-8-15(16)13-6-2-1-3-7-13/h1-3,6-7,10-12,15-16H,4-5,8-9H2,(H,24,25)/t15-,16?/m0/s1. The van der Waals surface area contributed by atoms with Crippen molar-refractivity contribution in [2.24, 2.45) is 0 Å². The lowest BCUT2D eigenvalue weighted by atomic mass is 9.80. The Kier molecular flexibility index (Phi) is 5.02. The van der Waals surface area contributed by atoms with E-state index in [-0.39, 0.29) is 11.9 Å². The molecule has 1 unspecified atom stereocenters. The molecular formula is C20H19F3N4O. The second-order valence-corrected chi connectivity index (χ2v) is 6.91. The van der Waals surface area contributed by atoms with Crippen molar-refractivity contribution in [2.45, 2.75) is 43.8 Å². The summed E-state index contributed by atoms with van der Waals surface area (Å²) in [6.07, 6.45) is 1.30. The third kappa shape index (κ3) is 4.00. The summed E-state index contributed by atoms with van der Waals surface area (Å²) in [6.45, 7) is 0. The van der Waals surface area contributed by atoms with Crippen LogP contribution < -0.4 is 5.32 Å². The highest BCUT2D eigenvalue weighted by molar-refractivity contribution is 5.55. The molecule has 2 atom stereocenters. The van der Waals surface area contributed by atoms with Gasteiger partial charge in [0.05, 0.1) is 0 Å². The minimum absolute atomic E-state index is 0.133. The van der Waals surface area contributed by atoms with Gasteiger partial charge in [-0.2, -0.15) is 18.2 Å². The fourth-order valence-electron chi connectivity index (χ4n) is 3.66. The maximum atomic E-state index is 12.6. The summed E-state index contributed by atoms with van der Waals surface area (Å²) in [5, 5.41) is 6.87. The van der Waals surface area contributed by atoms with Crippen LogP contribution in [0, 0.1) is 0 Å². The van der Waals surface area contributed by atoms with E-state index >= 15 is 0 Å². The number of hydrogen-bond donors (Lipinski definition) is 1. The van der Waals surface area contributed by atoms with E-state index in [1.807, 2.05) is 18.2 Å². The molecule has 0 bridgehead atoms. The van der Waals surface area contributed by atoms with Crippen LogP contribution in [0.4, 0.5) is 19.0 Å². The molecule has 1 saturated carbocycles. The minimum Gasteiger partial charge on any atom is -0.367 e. The van der Waals surface area contributed by atoms with Crippen molar-refractivity contribution >= 4 is 5.82 Å². The molecule has 146 valence electrons. The third-order valence-corrected chi connectivity index (χ3v) is 5.02. The summed E-state index contributed by atoms with van der Waals surface area (Å²) in [7, 11) is 0. The molecule has 4 rings (SSSR count). The van der Waals surface area contributed by atoms with Gasteiger partial charge in [0.15, 0.2) is 0 Å². The Morgan fingerprint density at radius 1 is 1.00 bits per heavy atom. The Hall–Kier alpha value is -2.90. The average Bonchev–Trinajstić information content (AvgIpc) is 3.21. The van der Waals surface area contributed by atoms with Crippen LogP contribution in [-0.4, -0.2) is 21.2 Å². The lowest BCUT2D eigenvalue weighted by molar-refractivity contribution is -0.159. The molecule has 1 N–H and O–H groups in total. The fourth-order valence-corrected chi connectivity index (χ4v) is 3.66. The predicted molar refractivity (Wildman–Crippen MR) is 97.6 cm³/mol. The Bertz CT molecular complexity index is 909. The van der Waals surface area contributed by atoms with Gasteiger partial charge in [-0.15, -0.1) is 0 Å². The van der Waals surface area contributed by atoms with Gasteiger partial charge in [0.25, 0.3) is 0 Å². The van der Waals surface area contributed by atoms with Crippen molar-refractivity contribution < 1.29 is 17.7 Å². The molecule has 0 radical (unpaired) electrons. The van der Waals surface area contributed by atoms with Gasteiger partial charge in [-0.3, -0.25) is 0 Å². The highest BCUT2D eigenvalue weighted by Crippen LogP contribution is 2.35. The Morgan fingerprint density at radius 2 is 1.79 bits per heavy atom. The number of alkyl halides is 3. The van der Waals surface area contributed by atoms with Crippen molar-refractivity contribution in [3.8, 4) is 11.4 Å². The van der Waals surface area contributed by atoms with Crippen molar-refractivity contribution in [3.05, 3.63) is 60.1 Å². The van der Waals surface area contributed by atoms with Gasteiger partial charge in [-0.25, -0.2) is 4.98 Å². The van der Waals surface area contributed by atoms with E-state index in [0.717, 1.165) is 19.3 Å². The van der Waals surface area contributed by atoms with E-state index in [1.165, 1.54) is 18.2 Å². The van der Waals surface area contributed by atoms with Crippen LogP contribution in [0.2, 0.25) is 0 Å². The van der Waals surface area contributed by atoms with Gasteiger partial charge in [0.2, 0.25) is 5.82 Å². The zero-order valence-corrected chi connectivity index (χ0v) is 15.0. The monoisotopic (exact) mass is 388 g/mol. The lowest BCUT2D eigenvalue weighted by Gasteiger charge is -2.33. The Labute approximate surface area is 160 Å². The lowest BCUT2D eigenvalue weighted by Crippen LogP contribution is -2.31. The van der Waals surface area contributed by atoms with Crippen LogP contribution in [0.25, 0.3) is 11.4 Å². The summed E-state index contributed by atoms with van der Waals surface area (Å²) in [5.74, 6) is -0.414. The molecule has 0 aliphatic heterocycles. The average molecular weight is 388 g/mol. The van der Waals surface area contributed by atoms with E-state index in [9.17, 15) is 13.2 Å². The molecule has 0 amide bonds. The molecule has 2 aromatic heterocycles. The molecule has 3 aromatic rings. The number of pyridine rings is 1. The summed E-state index contributed by atoms with van der Waals surface area (Å²) in [6, 6.07) is 14.0. The Morgan fingerprint density at radius 3 is 2.46 bits per heavy atom. The van der Waals surface area contributed by atoms with Crippen molar-refractivity contribution in [1.82, 2.24) is 15.1 Å². The van der Waals surface area contributed by atoms with Gasteiger partial charge in [0.1, 0.15) is 5.82 Å². The first-order valence-corrected chi connectivity index (χ1v) is 9.19. The molecule has 1 aliphatic carbocycles. The van der Waals surface area contributed by atoms with Crippen LogP contribution in [0.3, 0.4) is 0 Å². The van der Waals surface area contributed by atoms with Gasteiger partial charge in [-0.05, 0) is 30.5 Å². The first kappa shape index (κ1) is 18.5. The molecule has 2 heterocycles. The summed E-state index contributed by atoms with van der Waals surface area (Å²) >= 11 is 0. The van der Waals surface area contributed by atoms with E-state index in [0.29, 0.717) is 17.3 Å². The first-order chi connectivity index (χ1) is 13.5. The molecule has 0 spiro atoms. The first-order valence-electron chi connectivity index (χ1n) is 9.19. The number of halogens is 3. The number of nitrogens with one attached hydrogen (secondary N) is 1. The van der Waals surface area contributed by atoms with Crippen LogP contribution in [0.1, 0.15) is 43.1 Å². The highest BCUT2D eigenvalue weighted by Gasteiger charge is 2.38. The molecule has 0 saturated heterocycles. The van der Waals surface area contributed by atoms with E-state index < -0.39 is 12.1 Å². The largest absolute Gasteiger partial charge is 0.471 e. The zero-order chi connectivity index (χ0) is 19.6. The Balaban J connectivity index is 1.48. The molecule has 8 heteroatoms. The smallest absolute Gasteiger partial charge is 0.367 e. The topological polar surface area (TPSA) is 63.8 Å². The highest BCUT2D eigenvalue weighted by atomic mass is 19.4. The number of rotatable bonds is 4. The SMILES string of the molecule is FC(F)(F)c1nc(-c2ccc(NC3CCCC[C@H]3c3ccccc3)nc2)no1. The maximum absolute atomic E-state index is 12.6. The summed E-state index contributed by atoms with van der Waals surface area (Å²) in [4.78, 5) is 7.72. The molecule has 28 heavy (non-hydrogen) atoms. The molecule has 1 aromatic carbocycles. The van der Waals surface area contributed by atoms with E-state index in [2.05, 4.69) is 37.1 Å². The zero-order valence-electron chi connectivity index (χ0n) is 15.0. The predicted octanol–water partition coefficient (Wildman–Crippen LogP) is 5.29.